The van der Waals surface area contributed by atoms with Crippen LogP contribution in [0.1, 0.15) is 20.9 Å². The van der Waals surface area contributed by atoms with Crippen LogP contribution in [0, 0.1) is 0 Å². The van der Waals surface area contributed by atoms with Crippen LogP contribution in [0.2, 0.25) is 0 Å². The van der Waals surface area contributed by atoms with E-state index in [9.17, 15) is 9.59 Å². The van der Waals surface area contributed by atoms with Crippen molar-refractivity contribution in [1.82, 2.24) is 24.9 Å². The molecule has 0 spiro atoms. The van der Waals surface area contributed by atoms with Crippen molar-refractivity contribution in [3.8, 4) is 5.88 Å². The van der Waals surface area contributed by atoms with Gasteiger partial charge in [0.2, 0.25) is 5.88 Å². The molecule has 2 amide bonds. The van der Waals surface area contributed by atoms with Gasteiger partial charge in [-0.3, -0.25) is 19.2 Å². The van der Waals surface area contributed by atoms with Gasteiger partial charge >= 0.3 is 0 Å². The molecule has 2 aromatic rings. The van der Waals surface area contributed by atoms with Gasteiger partial charge in [-0.2, -0.15) is 0 Å². The summed E-state index contributed by atoms with van der Waals surface area (Å²) in [6, 6.07) is 3.31. The minimum Gasteiger partial charge on any atom is -0.479 e. The fraction of sp³-hybridized carbons (Fsp3) is 0.471. The second-order valence-electron chi connectivity index (χ2n) is 6.09. The fourth-order valence-electron chi connectivity index (χ4n) is 2.93. The van der Waals surface area contributed by atoms with Crippen molar-refractivity contribution >= 4 is 11.8 Å². The third kappa shape index (κ3) is 4.05. The van der Waals surface area contributed by atoms with Gasteiger partial charge in [-0.15, -0.1) is 5.10 Å². The van der Waals surface area contributed by atoms with E-state index in [1.165, 1.54) is 13.4 Å². The number of hydrogen-bond acceptors (Lipinski definition) is 6. The average Bonchev–Trinajstić information content (AvgIpc) is 3.31. The number of nitrogens with zero attached hydrogens (tertiary/aromatic N) is 4. The highest BCUT2D eigenvalue weighted by Crippen LogP contribution is 2.18. The van der Waals surface area contributed by atoms with Crippen LogP contribution in [0.4, 0.5) is 0 Å². The van der Waals surface area contributed by atoms with Crippen LogP contribution in [0.3, 0.4) is 0 Å². The topological polar surface area (TPSA) is 92.8 Å². The van der Waals surface area contributed by atoms with Crippen LogP contribution < -0.4 is 10.1 Å². The predicted octanol–water partition coefficient (Wildman–Crippen LogP) is 0.210. The summed E-state index contributed by atoms with van der Waals surface area (Å²) < 4.78 is 11.8. The van der Waals surface area contributed by atoms with E-state index in [0.717, 1.165) is 19.6 Å². The zero-order valence-corrected chi connectivity index (χ0v) is 15.0. The molecular formula is C17H23N5O4. The summed E-state index contributed by atoms with van der Waals surface area (Å²) in [6.45, 7) is 4.02. The Bertz CT molecular complexity index is 747. The van der Waals surface area contributed by atoms with Gasteiger partial charge < -0.3 is 19.4 Å². The first-order valence-electron chi connectivity index (χ1n) is 8.49. The molecule has 9 nitrogen and oxygen atoms in total. The Hall–Kier alpha value is -2.81. The lowest BCUT2D eigenvalue weighted by Gasteiger charge is -2.34. The Balaban J connectivity index is 1.44. The Labute approximate surface area is 151 Å². The van der Waals surface area contributed by atoms with E-state index in [2.05, 4.69) is 15.3 Å². The maximum Gasteiger partial charge on any atom is 0.287 e. The number of rotatable bonds is 6. The number of hydrogen-bond donors (Lipinski definition) is 1. The highest BCUT2D eigenvalue weighted by molar-refractivity contribution is 5.96. The predicted molar refractivity (Wildman–Crippen MR) is 93.1 cm³/mol. The second-order valence-corrected chi connectivity index (χ2v) is 6.09. The summed E-state index contributed by atoms with van der Waals surface area (Å²) in [5.41, 5.74) is 0.481. The minimum atomic E-state index is -0.215. The standard InChI is InChI=1S/C17H23N5O4/c1-20-12-13(16(19-20)25-2)17(24)22-9-7-21(8-10-22)6-5-18-15(23)14-4-3-11-26-14/h3-4,11-12H,5-10H2,1-2H3,(H,18,23). The number of amides is 2. The van der Waals surface area contributed by atoms with Crippen LogP contribution in [0.15, 0.2) is 29.0 Å². The number of aryl methyl sites for hydroxylation is 1. The lowest BCUT2D eigenvalue weighted by molar-refractivity contribution is 0.0634. The Morgan fingerprint density at radius 2 is 2.08 bits per heavy atom. The molecule has 26 heavy (non-hydrogen) atoms. The van der Waals surface area contributed by atoms with E-state index in [4.69, 9.17) is 9.15 Å². The normalized spacial score (nSPS) is 15.1. The van der Waals surface area contributed by atoms with Crippen molar-refractivity contribution in [3.05, 3.63) is 35.9 Å². The van der Waals surface area contributed by atoms with E-state index in [-0.39, 0.29) is 11.8 Å². The molecule has 0 aromatic carbocycles. The lowest BCUT2D eigenvalue weighted by atomic mass is 10.2. The summed E-state index contributed by atoms with van der Waals surface area (Å²) in [5, 5.41) is 6.95. The Kier molecular flexibility index (Phi) is 5.57. The summed E-state index contributed by atoms with van der Waals surface area (Å²) in [5.74, 6) is 0.375. The van der Waals surface area contributed by atoms with Crippen LogP contribution in [-0.4, -0.2) is 77.8 Å². The molecule has 0 bridgehead atoms. The molecule has 1 N–H and O–H groups in total. The van der Waals surface area contributed by atoms with Gasteiger partial charge in [-0.25, -0.2) is 0 Å². The molecule has 1 fully saturated rings. The molecular weight excluding hydrogens is 338 g/mol. The van der Waals surface area contributed by atoms with Crippen molar-refractivity contribution in [1.29, 1.82) is 0 Å². The molecule has 0 unspecified atom stereocenters. The zero-order chi connectivity index (χ0) is 18.5. The van der Waals surface area contributed by atoms with Crippen molar-refractivity contribution < 1.29 is 18.7 Å². The summed E-state index contributed by atoms with van der Waals surface area (Å²) in [4.78, 5) is 28.5. The number of carbonyl (C=O) groups excluding carboxylic acids is 2. The van der Waals surface area contributed by atoms with Gasteiger partial charge in [-0.05, 0) is 12.1 Å². The number of furan rings is 1. The van der Waals surface area contributed by atoms with E-state index in [1.54, 1.807) is 35.0 Å². The largest absolute Gasteiger partial charge is 0.479 e. The molecule has 3 heterocycles. The molecule has 0 saturated carbocycles. The van der Waals surface area contributed by atoms with E-state index in [1.807, 2.05) is 0 Å². The average molecular weight is 361 g/mol. The first-order valence-corrected chi connectivity index (χ1v) is 8.49. The monoisotopic (exact) mass is 361 g/mol. The van der Waals surface area contributed by atoms with Gasteiger partial charge in [0.1, 0.15) is 5.56 Å². The smallest absolute Gasteiger partial charge is 0.287 e. The maximum atomic E-state index is 12.6. The van der Waals surface area contributed by atoms with Crippen LogP contribution >= 0.6 is 0 Å². The summed E-state index contributed by atoms with van der Waals surface area (Å²) in [7, 11) is 3.27. The fourth-order valence-corrected chi connectivity index (χ4v) is 2.93. The Morgan fingerprint density at radius 3 is 2.73 bits per heavy atom. The lowest BCUT2D eigenvalue weighted by Crippen LogP contribution is -2.50. The summed E-state index contributed by atoms with van der Waals surface area (Å²) >= 11 is 0. The van der Waals surface area contributed by atoms with Crippen molar-refractivity contribution in [3.63, 3.8) is 0 Å². The first kappa shape index (κ1) is 18.0. The first-order chi connectivity index (χ1) is 12.6. The molecule has 1 aliphatic heterocycles. The molecule has 2 aromatic heterocycles. The highest BCUT2D eigenvalue weighted by Gasteiger charge is 2.26. The molecule has 1 saturated heterocycles. The van der Waals surface area contributed by atoms with Gasteiger partial charge in [0.05, 0.1) is 13.4 Å². The molecule has 140 valence electrons. The molecule has 9 heteroatoms. The molecule has 3 rings (SSSR count). The van der Waals surface area contributed by atoms with Crippen molar-refractivity contribution in [2.75, 3.05) is 46.4 Å². The van der Waals surface area contributed by atoms with Crippen molar-refractivity contribution in [2.45, 2.75) is 0 Å². The molecule has 0 radical (unpaired) electrons. The van der Waals surface area contributed by atoms with Crippen LogP contribution in [0.25, 0.3) is 0 Å². The third-order valence-corrected chi connectivity index (χ3v) is 4.34. The second kappa shape index (κ2) is 8.05. The van der Waals surface area contributed by atoms with Crippen LogP contribution in [-0.2, 0) is 7.05 Å². The van der Waals surface area contributed by atoms with Gasteiger partial charge in [0, 0.05) is 52.5 Å². The van der Waals surface area contributed by atoms with Crippen molar-refractivity contribution in [2.24, 2.45) is 7.05 Å². The minimum absolute atomic E-state index is 0.0688. The van der Waals surface area contributed by atoms with Crippen LogP contribution in [0.5, 0.6) is 5.88 Å². The number of ether oxygens (including phenoxy) is 1. The number of piperazine rings is 1. The van der Waals surface area contributed by atoms with E-state index < -0.39 is 0 Å². The molecule has 1 aliphatic rings. The maximum absolute atomic E-state index is 12.6. The number of carbonyl (C=O) groups is 2. The SMILES string of the molecule is COc1nn(C)cc1C(=O)N1CCN(CCNC(=O)c2ccco2)CC1. The van der Waals surface area contributed by atoms with Gasteiger partial charge in [0.25, 0.3) is 11.8 Å². The highest BCUT2D eigenvalue weighted by atomic mass is 16.5. The third-order valence-electron chi connectivity index (χ3n) is 4.34. The van der Waals surface area contributed by atoms with Gasteiger partial charge in [0.15, 0.2) is 5.76 Å². The molecule has 0 aliphatic carbocycles. The number of nitrogens with one attached hydrogen (secondary N) is 1. The Morgan fingerprint density at radius 1 is 1.31 bits per heavy atom. The number of methoxy groups -OCH3 is 1. The van der Waals surface area contributed by atoms with E-state index >= 15 is 0 Å². The van der Waals surface area contributed by atoms with Gasteiger partial charge in [-0.1, -0.05) is 0 Å². The van der Waals surface area contributed by atoms with E-state index in [0.29, 0.717) is 36.8 Å². The molecule has 0 atom stereocenters. The number of aromatic nitrogens is 2. The summed E-state index contributed by atoms with van der Waals surface area (Å²) in [6.07, 6.45) is 3.15. The quantitative estimate of drug-likeness (QED) is 0.791. The zero-order valence-electron chi connectivity index (χ0n) is 15.0.